The van der Waals surface area contributed by atoms with Gasteiger partial charge < -0.3 is 10.6 Å². The zero-order chi connectivity index (χ0) is 13.0. The Hall–Kier alpha value is -0.770. The number of nitrogens with one attached hydrogen (secondary N) is 2. The second-order valence-corrected chi connectivity index (χ2v) is 5.28. The van der Waals surface area contributed by atoms with Crippen LogP contribution in [-0.2, 0) is 11.3 Å². The summed E-state index contributed by atoms with van der Waals surface area (Å²) in [7, 11) is 0. The molecule has 1 aliphatic rings. The zero-order valence-corrected chi connectivity index (χ0v) is 11.5. The molecule has 98 valence electrons. The molecule has 1 saturated heterocycles. The number of benzene rings is 1. The van der Waals surface area contributed by atoms with Crippen molar-refractivity contribution in [2.75, 3.05) is 6.54 Å². The van der Waals surface area contributed by atoms with Crippen LogP contribution < -0.4 is 10.6 Å². The first-order chi connectivity index (χ1) is 8.66. The average Bonchev–Trinajstić information content (AvgIpc) is 2.41. The molecule has 2 N–H and O–H groups in total. The fourth-order valence-corrected chi connectivity index (χ4v) is 2.36. The smallest absolute Gasteiger partial charge is 0.237 e. The predicted octanol–water partition coefficient (Wildman–Crippen LogP) is 2.75. The third-order valence-corrected chi connectivity index (χ3v) is 3.82. The molecule has 5 heteroatoms. The molecule has 1 amide bonds. The lowest BCUT2D eigenvalue weighted by Gasteiger charge is -2.22. The number of hydrogen-bond donors (Lipinski definition) is 2. The number of hydrogen-bond acceptors (Lipinski definition) is 2. The van der Waals surface area contributed by atoms with Gasteiger partial charge >= 0.3 is 0 Å². The standard InChI is InChI=1S/C13H16Cl2N2O/c14-10-5-4-9(7-11(10)15)8-17-13(18)12-3-1-2-6-16-12/h4-5,7,12,16H,1-3,6,8H2,(H,17,18)/t12-/m1/s1. The Morgan fingerprint density at radius 3 is 2.83 bits per heavy atom. The van der Waals surface area contributed by atoms with Crippen LogP contribution in [0.4, 0.5) is 0 Å². The van der Waals surface area contributed by atoms with Gasteiger partial charge in [0.1, 0.15) is 0 Å². The predicted molar refractivity (Wildman–Crippen MR) is 74.0 cm³/mol. The van der Waals surface area contributed by atoms with Gasteiger partial charge in [0.25, 0.3) is 0 Å². The number of amides is 1. The van der Waals surface area contributed by atoms with Gasteiger partial charge in [0.2, 0.25) is 5.91 Å². The van der Waals surface area contributed by atoms with Crippen molar-refractivity contribution < 1.29 is 4.79 Å². The Balaban J connectivity index is 1.86. The van der Waals surface area contributed by atoms with E-state index < -0.39 is 0 Å². The largest absolute Gasteiger partial charge is 0.351 e. The van der Waals surface area contributed by atoms with E-state index >= 15 is 0 Å². The number of halogens is 2. The first kappa shape index (κ1) is 13.7. The van der Waals surface area contributed by atoms with E-state index in [-0.39, 0.29) is 11.9 Å². The molecule has 1 atom stereocenters. The Morgan fingerprint density at radius 1 is 1.33 bits per heavy atom. The van der Waals surface area contributed by atoms with Gasteiger partial charge in [0.15, 0.2) is 0 Å². The molecule has 1 aliphatic heterocycles. The summed E-state index contributed by atoms with van der Waals surface area (Å²) in [6.07, 6.45) is 3.17. The van der Waals surface area contributed by atoms with Crippen LogP contribution in [0.15, 0.2) is 18.2 Å². The van der Waals surface area contributed by atoms with Crippen LogP contribution in [0.2, 0.25) is 10.0 Å². The lowest BCUT2D eigenvalue weighted by molar-refractivity contribution is -0.123. The van der Waals surface area contributed by atoms with E-state index in [1.165, 1.54) is 0 Å². The Morgan fingerprint density at radius 2 is 2.17 bits per heavy atom. The second-order valence-electron chi connectivity index (χ2n) is 4.47. The highest BCUT2D eigenvalue weighted by Crippen LogP contribution is 2.22. The molecule has 0 aromatic heterocycles. The van der Waals surface area contributed by atoms with Gasteiger partial charge in [-0.15, -0.1) is 0 Å². The highest BCUT2D eigenvalue weighted by Gasteiger charge is 2.19. The number of piperidine rings is 1. The van der Waals surface area contributed by atoms with E-state index in [1.54, 1.807) is 12.1 Å². The van der Waals surface area contributed by atoms with E-state index in [0.717, 1.165) is 31.4 Å². The van der Waals surface area contributed by atoms with Gasteiger partial charge in [-0.05, 0) is 37.1 Å². The van der Waals surface area contributed by atoms with Crippen molar-refractivity contribution in [3.05, 3.63) is 33.8 Å². The average molecular weight is 287 g/mol. The third kappa shape index (κ3) is 3.61. The van der Waals surface area contributed by atoms with Gasteiger partial charge in [-0.3, -0.25) is 4.79 Å². The number of rotatable bonds is 3. The number of carbonyl (C=O) groups is 1. The lowest BCUT2D eigenvalue weighted by atomic mass is 10.0. The van der Waals surface area contributed by atoms with Crippen molar-refractivity contribution in [2.45, 2.75) is 31.8 Å². The molecule has 1 aromatic rings. The molecule has 2 rings (SSSR count). The molecule has 3 nitrogen and oxygen atoms in total. The maximum absolute atomic E-state index is 11.9. The van der Waals surface area contributed by atoms with Crippen LogP contribution in [0.25, 0.3) is 0 Å². The van der Waals surface area contributed by atoms with Gasteiger partial charge in [0.05, 0.1) is 16.1 Å². The molecule has 1 heterocycles. The van der Waals surface area contributed by atoms with Gasteiger partial charge in [-0.2, -0.15) is 0 Å². The fourth-order valence-electron chi connectivity index (χ4n) is 2.04. The third-order valence-electron chi connectivity index (χ3n) is 3.08. The Labute approximate surface area is 117 Å². The summed E-state index contributed by atoms with van der Waals surface area (Å²) in [5, 5.41) is 7.17. The molecular formula is C13H16Cl2N2O. The summed E-state index contributed by atoms with van der Waals surface area (Å²) >= 11 is 11.8. The highest BCUT2D eigenvalue weighted by atomic mass is 35.5. The van der Waals surface area contributed by atoms with Crippen molar-refractivity contribution in [2.24, 2.45) is 0 Å². The van der Waals surface area contributed by atoms with Crippen molar-refractivity contribution >= 4 is 29.1 Å². The molecule has 0 spiro atoms. The summed E-state index contributed by atoms with van der Waals surface area (Å²) in [5.74, 6) is 0.0563. The quantitative estimate of drug-likeness (QED) is 0.897. The Kier molecular flexibility index (Phi) is 4.87. The minimum atomic E-state index is -0.0541. The summed E-state index contributed by atoms with van der Waals surface area (Å²) in [6, 6.07) is 5.33. The first-order valence-corrected chi connectivity index (χ1v) is 6.87. The SMILES string of the molecule is O=C(NCc1ccc(Cl)c(Cl)c1)[C@H]1CCCCN1. The zero-order valence-electron chi connectivity index (χ0n) is 10.0. The van der Waals surface area contributed by atoms with Crippen molar-refractivity contribution in [3.8, 4) is 0 Å². The summed E-state index contributed by atoms with van der Waals surface area (Å²) in [5.41, 5.74) is 0.952. The summed E-state index contributed by atoms with van der Waals surface area (Å²) in [4.78, 5) is 11.9. The number of carbonyl (C=O) groups excluding carboxylic acids is 1. The molecule has 0 aliphatic carbocycles. The van der Waals surface area contributed by atoms with Crippen LogP contribution in [0.3, 0.4) is 0 Å². The van der Waals surface area contributed by atoms with E-state index in [4.69, 9.17) is 23.2 Å². The first-order valence-electron chi connectivity index (χ1n) is 6.12. The summed E-state index contributed by atoms with van der Waals surface area (Å²) < 4.78 is 0. The summed E-state index contributed by atoms with van der Waals surface area (Å²) in [6.45, 7) is 1.40. The maximum Gasteiger partial charge on any atom is 0.237 e. The monoisotopic (exact) mass is 286 g/mol. The van der Waals surface area contributed by atoms with E-state index in [1.807, 2.05) is 6.07 Å². The molecule has 18 heavy (non-hydrogen) atoms. The van der Waals surface area contributed by atoms with E-state index in [2.05, 4.69) is 10.6 Å². The topological polar surface area (TPSA) is 41.1 Å². The molecule has 0 radical (unpaired) electrons. The van der Waals surface area contributed by atoms with Crippen LogP contribution in [0.5, 0.6) is 0 Å². The molecule has 1 aromatic carbocycles. The van der Waals surface area contributed by atoms with Crippen LogP contribution >= 0.6 is 23.2 Å². The van der Waals surface area contributed by atoms with Gasteiger partial charge in [-0.1, -0.05) is 35.7 Å². The van der Waals surface area contributed by atoms with E-state index in [9.17, 15) is 4.79 Å². The molecule has 0 bridgehead atoms. The highest BCUT2D eigenvalue weighted by molar-refractivity contribution is 6.42. The Bertz CT molecular complexity index is 431. The molecule has 0 saturated carbocycles. The van der Waals surface area contributed by atoms with E-state index in [0.29, 0.717) is 16.6 Å². The maximum atomic E-state index is 11.9. The van der Waals surface area contributed by atoms with Crippen LogP contribution in [0.1, 0.15) is 24.8 Å². The molecule has 0 unspecified atom stereocenters. The van der Waals surface area contributed by atoms with Gasteiger partial charge in [0, 0.05) is 6.54 Å². The van der Waals surface area contributed by atoms with Crippen LogP contribution in [0, 0.1) is 0 Å². The second kappa shape index (κ2) is 6.41. The fraction of sp³-hybridized carbons (Fsp3) is 0.462. The van der Waals surface area contributed by atoms with Crippen molar-refractivity contribution in [1.29, 1.82) is 0 Å². The van der Waals surface area contributed by atoms with Crippen LogP contribution in [-0.4, -0.2) is 18.5 Å². The molecular weight excluding hydrogens is 271 g/mol. The van der Waals surface area contributed by atoms with Gasteiger partial charge in [-0.25, -0.2) is 0 Å². The minimum Gasteiger partial charge on any atom is -0.351 e. The lowest BCUT2D eigenvalue weighted by Crippen LogP contribution is -2.46. The van der Waals surface area contributed by atoms with Crippen molar-refractivity contribution in [1.82, 2.24) is 10.6 Å². The normalized spacial score (nSPS) is 19.6. The minimum absolute atomic E-state index is 0.0541. The van der Waals surface area contributed by atoms with Crippen molar-refractivity contribution in [3.63, 3.8) is 0 Å². The molecule has 1 fully saturated rings.